The van der Waals surface area contributed by atoms with Crippen LogP contribution in [-0.2, 0) is 6.42 Å². The summed E-state index contributed by atoms with van der Waals surface area (Å²) in [4.78, 5) is 0. The average molecular weight is 293 g/mol. The fourth-order valence-electron chi connectivity index (χ4n) is 1.64. The van der Waals surface area contributed by atoms with Crippen LogP contribution in [0, 0.1) is 0 Å². The Morgan fingerprint density at radius 3 is 2.60 bits per heavy atom. The molecule has 0 aliphatic heterocycles. The van der Waals surface area contributed by atoms with E-state index in [1.807, 2.05) is 31.2 Å². The molecular formula is C15H23N3OS. The maximum absolute atomic E-state index is 5.14. The molecular weight excluding hydrogens is 270 g/mol. The summed E-state index contributed by atoms with van der Waals surface area (Å²) in [6.07, 6.45) is 3.04. The highest BCUT2D eigenvalue weighted by Crippen LogP contribution is 2.11. The molecule has 0 aromatic heterocycles. The van der Waals surface area contributed by atoms with E-state index in [-0.39, 0.29) is 0 Å². The Labute approximate surface area is 126 Å². The van der Waals surface area contributed by atoms with Crippen LogP contribution in [-0.4, -0.2) is 24.5 Å². The van der Waals surface area contributed by atoms with Crippen molar-refractivity contribution in [2.75, 3.05) is 13.7 Å². The van der Waals surface area contributed by atoms with Gasteiger partial charge < -0.3 is 10.1 Å². The van der Waals surface area contributed by atoms with Crippen molar-refractivity contribution < 1.29 is 4.74 Å². The summed E-state index contributed by atoms with van der Waals surface area (Å²) >= 11 is 5.14. The topological polar surface area (TPSA) is 45.7 Å². The largest absolute Gasteiger partial charge is 0.497 e. The van der Waals surface area contributed by atoms with Crippen molar-refractivity contribution in [3.05, 3.63) is 29.8 Å². The van der Waals surface area contributed by atoms with Gasteiger partial charge in [-0.05, 0) is 43.3 Å². The van der Waals surface area contributed by atoms with E-state index in [0.717, 1.165) is 37.3 Å². The van der Waals surface area contributed by atoms with Crippen LogP contribution < -0.4 is 15.5 Å². The number of hydrogen-bond acceptors (Lipinski definition) is 3. The van der Waals surface area contributed by atoms with E-state index in [4.69, 9.17) is 17.0 Å². The lowest BCUT2D eigenvalue weighted by molar-refractivity contribution is 0.414. The zero-order chi connectivity index (χ0) is 14.8. The predicted octanol–water partition coefficient (Wildman–Crippen LogP) is 2.88. The van der Waals surface area contributed by atoms with Gasteiger partial charge in [0, 0.05) is 18.7 Å². The van der Waals surface area contributed by atoms with Gasteiger partial charge in [-0.25, -0.2) is 0 Å². The molecule has 1 aromatic carbocycles. The highest BCUT2D eigenvalue weighted by atomic mass is 32.1. The Balaban J connectivity index is 2.38. The summed E-state index contributed by atoms with van der Waals surface area (Å²) in [7, 11) is 1.66. The maximum Gasteiger partial charge on any atom is 0.186 e. The van der Waals surface area contributed by atoms with Crippen molar-refractivity contribution in [1.82, 2.24) is 10.7 Å². The first-order chi connectivity index (χ1) is 9.65. The Morgan fingerprint density at radius 2 is 2.00 bits per heavy atom. The summed E-state index contributed by atoms with van der Waals surface area (Å²) < 4.78 is 5.13. The predicted molar refractivity (Wildman–Crippen MR) is 88.5 cm³/mol. The smallest absolute Gasteiger partial charge is 0.186 e. The number of ether oxygens (including phenoxy) is 1. The van der Waals surface area contributed by atoms with Crippen LogP contribution in [0.5, 0.6) is 5.75 Å². The minimum absolute atomic E-state index is 0.576. The number of benzene rings is 1. The summed E-state index contributed by atoms with van der Waals surface area (Å²) in [5.41, 5.74) is 5.04. The minimum atomic E-state index is 0.576. The number of hydrogen-bond donors (Lipinski definition) is 2. The first-order valence-electron chi connectivity index (χ1n) is 6.85. The third kappa shape index (κ3) is 6.52. The van der Waals surface area contributed by atoms with Gasteiger partial charge in [0.05, 0.1) is 7.11 Å². The molecule has 0 heterocycles. The highest BCUT2D eigenvalue weighted by Gasteiger charge is 1.98. The summed E-state index contributed by atoms with van der Waals surface area (Å²) in [6, 6.07) is 7.98. The van der Waals surface area contributed by atoms with Crippen LogP contribution in [0.3, 0.4) is 0 Å². The maximum atomic E-state index is 5.14. The molecule has 0 aliphatic rings. The van der Waals surface area contributed by atoms with Gasteiger partial charge in [0.1, 0.15) is 5.75 Å². The fraction of sp³-hybridized carbons (Fsp3) is 0.467. The van der Waals surface area contributed by atoms with Gasteiger partial charge in [0.2, 0.25) is 0 Å². The molecule has 0 aliphatic carbocycles. The molecule has 2 N–H and O–H groups in total. The molecule has 0 fully saturated rings. The molecule has 0 unspecified atom stereocenters. The number of rotatable bonds is 7. The zero-order valence-electron chi connectivity index (χ0n) is 12.4. The molecule has 0 amide bonds. The molecule has 5 heteroatoms. The van der Waals surface area contributed by atoms with Crippen LogP contribution >= 0.6 is 12.2 Å². The van der Waals surface area contributed by atoms with Crippen molar-refractivity contribution in [3.63, 3.8) is 0 Å². The lowest BCUT2D eigenvalue weighted by Crippen LogP contribution is -2.33. The molecule has 4 nitrogen and oxygen atoms in total. The van der Waals surface area contributed by atoms with Gasteiger partial charge in [-0.15, -0.1) is 0 Å². The summed E-state index contributed by atoms with van der Waals surface area (Å²) in [5.74, 6) is 0.864. The highest BCUT2D eigenvalue weighted by molar-refractivity contribution is 7.80. The number of unbranched alkanes of at least 4 members (excludes halogenated alkanes) is 1. The quantitative estimate of drug-likeness (QED) is 0.351. The Bertz CT molecular complexity index is 443. The molecule has 110 valence electrons. The van der Waals surface area contributed by atoms with E-state index < -0.39 is 0 Å². The van der Waals surface area contributed by atoms with Crippen LogP contribution in [0.4, 0.5) is 0 Å². The van der Waals surface area contributed by atoms with Gasteiger partial charge in [-0.1, -0.05) is 25.5 Å². The van der Waals surface area contributed by atoms with Gasteiger partial charge in [0.15, 0.2) is 5.11 Å². The second kappa shape index (κ2) is 9.31. The normalized spacial score (nSPS) is 11.1. The van der Waals surface area contributed by atoms with Crippen LogP contribution in [0.1, 0.15) is 32.3 Å². The second-order valence-electron chi connectivity index (χ2n) is 4.59. The van der Waals surface area contributed by atoms with E-state index >= 15 is 0 Å². The first-order valence-corrected chi connectivity index (χ1v) is 7.26. The molecule has 1 aromatic rings. The number of thiocarbonyl (C=S) groups is 1. The van der Waals surface area contributed by atoms with E-state index in [0.29, 0.717) is 5.11 Å². The number of methoxy groups -OCH3 is 1. The van der Waals surface area contributed by atoms with E-state index in [1.165, 1.54) is 5.56 Å². The number of nitrogens with one attached hydrogen (secondary N) is 2. The van der Waals surface area contributed by atoms with Crippen molar-refractivity contribution in [2.24, 2.45) is 5.10 Å². The van der Waals surface area contributed by atoms with Crippen LogP contribution in [0.2, 0.25) is 0 Å². The molecule has 1 rings (SSSR count). The molecule has 0 radical (unpaired) electrons. The molecule has 0 bridgehead atoms. The van der Waals surface area contributed by atoms with Gasteiger partial charge in [0.25, 0.3) is 0 Å². The van der Waals surface area contributed by atoms with E-state index in [2.05, 4.69) is 22.8 Å². The lowest BCUT2D eigenvalue weighted by Gasteiger charge is -2.07. The van der Waals surface area contributed by atoms with Crippen LogP contribution in [0.25, 0.3) is 0 Å². The fourth-order valence-corrected chi connectivity index (χ4v) is 1.79. The summed E-state index contributed by atoms with van der Waals surface area (Å²) in [6.45, 7) is 5.01. The van der Waals surface area contributed by atoms with E-state index in [9.17, 15) is 0 Å². The third-order valence-corrected chi connectivity index (χ3v) is 3.02. The first kappa shape index (κ1) is 16.4. The molecule has 0 saturated carbocycles. The number of hydrazone groups is 1. The van der Waals surface area contributed by atoms with Crippen molar-refractivity contribution in [3.8, 4) is 5.75 Å². The monoisotopic (exact) mass is 293 g/mol. The van der Waals surface area contributed by atoms with Gasteiger partial charge in [-0.2, -0.15) is 5.10 Å². The molecule has 0 spiro atoms. The Hall–Kier alpha value is -1.62. The summed E-state index contributed by atoms with van der Waals surface area (Å²) in [5, 5.41) is 7.96. The third-order valence-electron chi connectivity index (χ3n) is 2.78. The second-order valence-corrected chi connectivity index (χ2v) is 5.00. The zero-order valence-corrected chi connectivity index (χ0v) is 13.2. The minimum Gasteiger partial charge on any atom is -0.497 e. The average Bonchev–Trinajstić information content (AvgIpc) is 2.46. The molecule has 20 heavy (non-hydrogen) atoms. The molecule has 0 saturated heterocycles. The van der Waals surface area contributed by atoms with Gasteiger partial charge >= 0.3 is 0 Å². The SMILES string of the molecule is CCCCNC(=S)N/N=C(/C)Cc1ccc(OC)cc1. The Kier molecular flexibility index (Phi) is 7.65. The Morgan fingerprint density at radius 1 is 1.30 bits per heavy atom. The lowest BCUT2D eigenvalue weighted by atomic mass is 10.1. The van der Waals surface area contributed by atoms with E-state index in [1.54, 1.807) is 7.11 Å². The van der Waals surface area contributed by atoms with Crippen molar-refractivity contribution in [2.45, 2.75) is 33.1 Å². The van der Waals surface area contributed by atoms with Gasteiger partial charge in [-0.3, -0.25) is 5.43 Å². The standard InChI is InChI=1S/C15H23N3OS/c1-4-5-10-16-15(20)18-17-12(2)11-13-6-8-14(19-3)9-7-13/h6-9H,4-5,10-11H2,1-3H3,(H2,16,18,20)/b17-12-. The van der Waals surface area contributed by atoms with Crippen molar-refractivity contribution >= 4 is 23.0 Å². The molecule has 0 atom stereocenters. The number of nitrogens with zero attached hydrogens (tertiary/aromatic N) is 1. The van der Waals surface area contributed by atoms with Crippen molar-refractivity contribution in [1.29, 1.82) is 0 Å². The van der Waals surface area contributed by atoms with Crippen LogP contribution in [0.15, 0.2) is 29.4 Å².